The Morgan fingerprint density at radius 2 is 1.50 bits per heavy atom. The molecule has 0 aromatic rings. The average molecular weight is 339 g/mol. The molecule has 0 unspecified atom stereocenters. The van der Waals surface area contributed by atoms with E-state index in [-0.39, 0.29) is 0 Å². The third kappa shape index (κ3) is 6.38. The molecule has 0 bridgehead atoms. The summed E-state index contributed by atoms with van der Waals surface area (Å²) in [6, 6.07) is 0.504. The second kappa shape index (κ2) is 11.1. The molecular formula is C21H42N2O. The van der Waals surface area contributed by atoms with Gasteiger partial charge in [0.25, 0.3) is 0 Å². The fourth-order valence-corrected chi connectivity index (χ4v) is 4.54. The molecule has 2 aliphatic rings. The summed E-state index contributed by atoms with van der Waals surface area (Å²) in [5.74, 6) is 2.96. The van der Waals surface area contributed by atoms with Gasteiger partial charge in [0.1, 0.15) is 0 Å². The van der Waals surface area contributed by atoms with Crippen LogP contribution in [0, 0.1) is 17.8 Å². The molecule has 142 valence electrons. The first-order chi connectivity index (χ1) is 11.5. The molecule has 0 radical (unpaired) electrons. The van der Waals surface area contributed by atoms with E-state index in [9.17, 15) is 4.79 Å². The number of carbonyl (C=O) groups excluding carboxylic acids is 1. The van der Waals surface area contributed by atoms with Crippen LogP contribution in [0.4, 0.5) is 0 Å². The largest absolute Gasteiger partial charge is 0.343 e. The van der Waals surface area contributed by atoms with Gasteiger partial charge in [-0.1, -0.05) is 34.6 Å². The third-order valence-electron chi connectivity index (χ3n) is 5.91. The van der Waals surface area contributed by atoms with E-state index in [1.165, 1.54) is 58.2 Å². The summed E-state index contributed by atoms with van der Waals surface area (Å²) in [4.78, 5) is 16.5. The number of likely N-dealkylation sites (tertiary alicyclic amines) is 1. The van der Waals surface area contributed by atoms with E-state index in [1.807, 2.05) is 32.7 Å². The fourth-order valence-electron chi connectivity index (χ4n) is 4.54. The Balaban J connectivity index is 0.00000139. The van der Waals surface area contributed by atoms with Crippen LogP contribution in [-0.2, 0) is 4.79 Å². The van der Waals surface area contributed by atoms with Gasteiger partial charge in [-0.3, -0.25) is 4.79 Å². The van der Waals surface area contributed by atoms with Crippen molar-refractivity contribution in [2.75, 3.05) is 26.7 Å². The average Bonchev–Trinajstić information content (AvgIpc) is 2.62. The molecule has 2 rings (SSSR count). The zero-order chi connectivity index (χ0) is 18.1. The van der Waals surface area contributed by atoms with Gasteiger partial charge in [0.2, 0.25) is 5.91 Å². The lowest BCUT2D eigenvalue weighted by atomic mass is 9.74. The lowest BCUT2D eigenvalue weighted by Crippen LogP contribution is -2.42. The van der Waals surface area contributed by atoms with Crippen LogP contribution in [0.1, 0.15) is 79.6 Å². The standard InChI is InChI=1S/C19H36N2O.C2H6/c1-5-19(22)20(4)18-8-6-16(7-9-18)17-10-12-21(13-11-17)14-15(2)3;1-2/h15-18H,5-14H2,1-4H3;1-2H3. The highest BCUT2D eigenvalue weighted by Gasteiger charge is 2.32. The molecule has 0 N–H and O–H groups in total. The Morgan fingerprint density at radius 3 is 1.96 bits per heavy atom. The Labute approximate surface area is 151 Å². The predicted octanol–water partition coefficient (Wildman–Crippen LogP) is 4.81. The van der Waals surface area contributed by atoms with Gasteiger partial charge in [0.05, 0.1) is 0 Å². The zero-order valence-electron chi connectivity index (χ0n) is 17.2. The van der Waals surface area contributed by atoms with Crippen LogP contribution in [0.3, 0.4) is 0 Å². The smallest absolute Gasteiger partial charge is 0.222 e. The quantitative estimate of drug-likeness (QED) is 0.718. The number of amides is 1. The highest BCUT2D eigenvalue weighted by Crippen LogP contribution is 2.37. The first-order valence-electron chi connectivity index (χ1n) is 10.5. The number of hydrogen-bond acceptors (Lipinski definition) is 2. The zero-order valence-corrected chi connectivity index (χ0v) is 17.2. The van der Waals surface area contributed by atoms with Gasteiger partial charge in [-0.2, -0.15) is 0 Å². The van der Waals surface area contributed by atoms with Crippen molar-refractivity contribution in [3.63, 3.8) is 0 Å². The molecule has 3 nitrogen and oxygen atoms in total. The second-order valence-electron chi connectivity index (χ2n) is 7.96. The number of nitrogens with zero attached hydrogens (tertiary/aromatic N) is 2. The van der Waals surface area contributed by atoms with Crippen LogP contribution in [0.15, 0.2) is 0 Å². The molecular weight excluding hydrogens is 296 g/mol. The maximum Gasteiger partial charge on any atom is 0.222 e. The van der Waals surface area contributed by atoms with Gasteiger partial charge in [0.15, 0.2) is 0 Å². The summed E-state index contributed by atoms with van der Waals surface area (Å²) < 4.78 is 0. The van der Waals surface area contributed by atoms with Crippen molar-refractivity contribution < 1.29 is 4.79 Å². The van der Waals surface area contributed by atoms with E-state index in [1.54, 1.807) is 0 Å². The van der Waals surface area contributed by atoms with Gasteiger partial charge in [-0.15, -0.1) is 0 Å². The summed E-state index contributed by atoms with van der Waals surface area (Å²) in [5, 5.41) is 0. The van der Waals surface area contributed by atoms with Crippen LogP contribution in [0.2, 0.25) is 0 Å². The molecule has 0 spiro atoms. The third-order valence-corrected chi connectivity index (χ3v) is 5.91. The van der Waals surface area contributed by atoms with E-state index >= 15 is 0 Å². The van der Waals surface area contributed by atoms with Crippen molar-refractivity contribution >= 4 is 5.91 Å². The molecule has 24 heavy (non-hydrogen) atoms. The minimum atomic E-state index is 0.311. The Morgan fingerprint density at radius 1 is 1.00 bits per heavy atom. The summed E-state index contributed by atoms with van der Waals surface area (Å²) >= 11 is 0. The van der Waals surface area contributed by atoms with Crippen molar-refractivity contribution in [2.24, 2.45) is 17.8 Å². The highest BCUT2D eigenvalue weighted by atomic mass is 16.2. The Kier molecular flexibility index (Phi) is 9.95. The summed E-state index contributed by atoms with van der Waals surface area (Å²) in [6.45, 7) is 14.5. The molecule has 1 saturated heterocycles. The number of piperidine rings is 1. The van der Waals surface area contributed by atoms with Crippen LogP contribution < -0.4 is 0 Å². The fraction of sp³-hybridized carbons (Fsp3) is 0.952. The van der Waals surface area contributed by atoms with Gasteiger partial charge < -0.3 is 9.80 Å². The molecule has 1 amide bonds. The second-order valence-corrected chi connectivity index (χ2v) is 7.96. The number of rotatable bonds is 5. The number of carbonyl (C=O) groups is 1. The molecule has 0 aromatic heterocycles. The van der Waals surface area contributed by atoms with E-state index in [4.69, 9.17) is 0 Å². The van der Waals surface area contributed by atoms with Gasteiger partial charge in [-0.25, -0.2) is 0 Å². The molecule has 1 saturated carbocycles. The summed E-state index contributed by atoms with van der Waals surface area (Å²) in [6.07, 6.45) is 8.54. The van der Waals surface area contributed by atoms with Crippen LogP contribution in [-0.4, -0.2) is 48.4 Å². The summed E-state index contributed by atoms with van der Waals surface area (Å²) in [7, 11) is 2.00. The van der Waals surface area contributed by atoms with E-state index < -0.39 is 0 Å². The van der Waals surface area contributed by atoms with E-state index in [0.29, 0.717) is 18.4 Å². The van der Waals surface area contributed by atoms with Gasteiger partial charge in [-0.05, 0) is 69.4 Å². The topological polar surface area (TPSA) is 23.6 Å². The van der Waals surface area contributed by atoms with Gasteiger partial charge in [0, 0.05) is 26.1 Å². The van der Waals surface area contributed by atoms with Crippen LogP contribution in [0.25, 0.3) is 0 Å². The van der Waals surface area contributed by atoms with E-state index in [0.717, 1.165) is 17.8 Å². The maximum absolute atomic E-state index is 11.8. The van der Waals surface area contributed by atoms with Crippen molar-refractivity contribution in [1.29, 1.82) is 0 Å². The SMILES string of the molecule is CC.CCC(=O)N(C)C1CCC(C2CCN(CC(C)C)CC2)CC1. The summed E-state index contributed by atoms with van der Waals surface area (Å²) in [5.41, 5.74) is 0. The normalized spacial score (nSPS) is 26.0. The van der Waals surface area contributed by atoms with Crippen LogP contribution >= 0.6 is 0 Å². The number of hydrogen-bond donors (Lipinski definition) is 0. The molecule has 1 aliphatic carbocycles. The first-order valence-corrected chi connectivity index (χ1v) is 10.5. The Hall–Kier alpha value is -0.570. The minimum Gasteiger partial charge on any atom is -0.343 e. The molecule has 2 fully saturated rings. The molecule has 1 aliphatic heterocycles. The monoisotopic (exact) mass is 338 g/mol. The van der Waals surface area contributed by atoms with Crippen molar-refractivity contribution in [3.8, 4) is 0 Å². The molecule has 0 atom stereocenters. The maximum atomic E-state index is 11.8. The van der Waals surface area contributed by atoms with Crippen LogP contribution in [0.5, 0.6) is 0 Å². The van der Waals surface area contributed by atoms with E-state index in [2.05, 4.69) is 18.7 Å². The molecule has 1 heterocycles. The molecule has 3 heteroatoms. The molecule has 0 aromatic carbocycles. The van der Waals surface area contributed by atoms with Crippen molar-refractivity contribution in [2.45, 2.75) is 85.6 Å². The Bertz CT molecular complexity index is 340. The lowest BCUT2D eigenvalue weighted by molar-refractivity contribution is -0.132. The van der Waals surface area contributed by atoms with Gasteiger partial charge >= 0.3 is 0 Å². The van der Waals surface area contributed by atoms with Crippen molar-refractivity contribution in [3.05, 3.63) is 0 Å². The lowest BCUT2D eigenvalue weighted by Gasteiger charge is -2.41. The minimum absolute atomic E-state index is 0.311. The highest BCUT2D eigenvalue weighted by molar-refractivity contribution is 5.75. The van der Waals surface area contributed by atoms with Crippen molar-refractivity contribution in [1.82, 2.24) is 9.80 Å². The predicted molar refractivity (Wildman–Crippen MR) is 104 cm³/mol. The first kappa shape index (κ1) is 21.5.